The highest BCUT2D eigenvalue weighted by atomic mass is 16.6. The van der Waals surface area contributed by atoms with Crippen molar-refractivity contribution in [2.24, 2.45) is 0 Å². The SMILES string of the molecule is CC(C)(C)OC(=O)NCC1CN(c2ncnc3[nH]cc(C(=O)NC4CCCN(C(=O)O)C4)c23)CCO1. The highest BCUT2D eigenvalue weighted by molar-refractivity contribution is 6.09. The predicted octanol–water partition coefficient (Wildman–Crippen LogP) is 1.56. The van der Waals surface area contributed by atoms with E-state index >= 15 is 0 Å². The van der Waals surface area contributed by atoms with Crippen molar-refractivity contribution in [2.75, 3.05) is 44.2 Å². The third-order valence-electron chi connectivity index (χ3n) is 6.03. The molecule has 2 aromatic rings. The van der Waals surface area contributed by atoms with E-state index in [0.717, 1.165) is 0 Å². The lowest BCUT2D eigenvalue weighted by molar-refractivity contribution is 0.0282. The van der Waals surface area contributed by atoms with Gasteiger partial charge in [0, 0.05) is 45.0 Å². The Kier molecular flexibility index (Phi) is 7.48. The number of morpholine rings is 1. The Balaban J connectivity index is 1.46. The second kappa shape index (κ2) is 10.6. The summed E-state index contributed by atoms with van der Waals surface area (Å²) >= 11 is 0. The van der Waals surface area contributed by atoms with Gasteiger partial charge in [0.25, 0.3) is 5.91 Å². The first-order valence-electron chi connectivity index (χ1n) is 12.0. The summed E-state index contributed by atoms with van der Waals surface area (Å²) in [4.78, 5) is 51.6. The van der Waals surface area contributed by atoms with Crippen molar-refractivity contribution in [1.82, 2.24) is 30.5 Å². The fourth-order valence-electron chi connectivity index (χ4n) is 4.44. The number of aromatic nitrogens is 3. The number of hydrogen-bond donors (Lipinski definition) is 4. The van der Waals surface area contributed by atoms with Crippen LogP contribution < -0.4 is 15.5 Å². The Hall–Kier alpha value is -3.61. The smallest absolute Gasteiger partial charge is 0.407 e. The third kappa shape index (κ3) is 6.14. The van der Waals surface area contributed by atoms with Crippen molar-refractivity contribution in [2.45, 2.75) is 51.4 Å². The summed E-state index contributed by atoms with van der Waals surface area (Å²) in [7, 11) is 0. The molecule has 0 aromatic carbocycles. The number of H-pyrrole nitrogens is 1. The van der Waals surface area contributed by atoms with Gasteiger partial charge < -0.3 is 40.0 Å². The molecule has 0 aliphatic carbocycles. The third-order valence-corrected chi connectivity index (χ3v) is 6.03. The van der Waals surface area contributed by atoms with Crippen LogP contribution in [0.15, 0.2) is 12.5 Å². The molecule has 4 N–H and O–H groups in total. The van der Waals surface area contributed by atoms with Crippen LogP contribution in [0.3, 0.4) is 0 Å². The van der Waals surface area contributed by atoms with Crippen molar-refractivity contribution in [1.29, 1.82) is 0 Å². The van der Waals surface area contributed by atoms with Gasteiger partial charge in [0.2, 0.25) is 0 Å². The van der Waals surface area contributed by atoms with E-state index in [4.69, 9.17) is 9.47 Å². The van der Waals surface area contributed by atoms with Crippen LogP contribution in [0.4, 0.5) is 15.4 Å². The molecule has 4 rings (SSSR count). The quantitative estimate of drug-likeness (QED) is 0.474. The van der Waals surface area contributed by atoms with Gasteiger partial charge in [0.1, 0.15) is 23.4 Å². The summed E-state index contributed by atoms with van der Waals surface area (Å²) in [5, 5.41) is 15.6. The van der Waals surface area contributed by atoms with Gasteiger partial charge in [-0.1, -0.05) is 0 Å². The highest BCUT2D eigenvalue weighted by Gasteiger charge is 2.29. The summed E-state index contributed by atoms with van der Waals surface area (Å²) in [5.74, 6) is 0.277. The number of carboxylic acid groups (broad SMARTS) is 1. The standard InChI is InChI=1S/C23H33N7O6/c1-23(2,3)36-21(32)25-9-15-12-29(7-8-35-15)19-17-16(10-24-18(17)26-13-27-19)20(31)28-14-5-4-6-30(11-14)22(33)34/h10,13-15H,4-9,11-12H2,1-3H3,(H,25,32)(H,28,31)(H,33,34)(H,24,26,27). The maximum atomic E-state index is 13.2. The molecule has 4 heterocycles. The summed E-state index contributed by atoms with van der Waals surface area (Å²) in [5.41, 5.74) is 0.323. The van der Waals surface area contributed by atoms with Crippen molar-refractivity contribution < 1.29 is 29.0 Å². The van der Waals surface area contributed by atoms with Crippen molar-refractivity contribution in [3.8, 4) is 0 Å². The van der Waals surface area contributed by atoms with Gasteiger partial charge in [-0.2, -0.15) is 0 Å². The normalized spacial score (nSPS) is 20.8. The van der Waals surface area contributed by atoms with Gasteiger partial charge in [-0.05, 0) is 33.6 Å². The van der Waals surface area contributed by atoms with Gasteiger partial charge in [0.05, 0.1) is 23.7 Å². The predicted molar refractivity (Wildman–Crippen MR) is 130 cm³/mol. The number of anilines is 1. The van der Waals surface area contributed by atoms with E-state index in [9.17, 15) is 19.5 Å². The molecular weight excluding hydrogens is 470 g/mol. The maximum absolute atomic E-state index is 13.2. The molecule has 13 heteroatoms. The highest BCUT2D eigenvalue weighted by Crippen LogP contribution is 2.28. The van der Waals surface area contributed by atoms with Gasteiger partial charge >= 0.3 is 12.2 Å². The molecule has 196 valence electrons. The lowest BCUT2D eigenvalue weighted by Crippen LogP contribution is -2.49. The van der Waals surface area contributed by atoms with E-state index in [1.165, 1.54) is 11.2 Å². The van der Waals surface area contributed by atoms with Crippen LogP contribution in [0.1, 0.15) is 44.0 Å². The number of nitrogens with one attached hydrogen (secondary N) is 3. The number of hydrogen-bond acceptors (Lipinski definition) is 8. The molecule has 2 unspecified atom stereocenters. The minimum absolute atomic E-state index is 0.253. The zero-order valence-electron chi connectivity index (χ0n) is 20.7. The number of amides is 3. The van der Waals surface area contributed by atoms with Crippen LogP contribution >= 0.6 is 0 Å². The number of fused-ring (bicyclic) bond motifs is 1. The Labute approximate surface area is 208 Å². The van der Waals surface area contributed by atoms with Gasteiger partial charge in [-0.15, -0.1) is 0 Å². The summed E-state index contributed by atoms with van der Waals surface area (Å²) in [6.45, 7) is 7.80. The fraction of sp³-hybridized carbons (Fsp3) is 0.609. The first-order chi connectivity index (χ1) is 17.1. The first kappa shape index (κ1) is 25.5. The molecule has 0 radical (unpaired) electrons. The van der Waals surface area contributed by atoms with Crippen molar-refractivity contribution in [3.05, 3.63) is 18.1 Å². The topological polar surface area (TPSA) is 162 Å². The van der Waals surface area contributed by atoms with Gasteiger partial charge in [0.15, 0.2) is 0 Å². The Morgan fingerprint density at radius 2 is 2.06 bits per heavy atom. The first-order valence-corrected chi connectivity index (χ1v) is 12.0. The Morgan fingerprint density at radius 3 is 2.81 bits per heavy atom. The molecule has 2 aromatic heterocycles. The molecule has 36 heavy (non-hydrogen) atoms. The van der Waals surface area contributed by atoms with Crippen LogP contribution in [0.2, 0.25) is 0 Å². The van der Waals surface area contributed by atoms with Crippen LogP contribution in [0.25, 0.3) is 11.0 Å². The molecule has 13 nitrogen and oxygen atoms in total. The minimum atomic E-state index is -0.986. The van der Waals surface area contributed by atoms with Gasteiger partial charge in [-0.3, -0.25) is 4.79 Å². The van der Waals surface area contributed by atoms with Crippen molar-refractivity contribution >= 4 is 34.9 Å². The molecule has 0 bridgehead atoms. The molecule has 3 amide bonds. The zero-order valence-corrected chi connectivity index (χ0v) is 20.7. The number of carbonyl (C=O) groups is 3. The monoisotopic (exact) mass is 503 g/mol. The minimum Gasteiger partial charge on any atom is -0.465 e. The second-order valence-electron chi connectivity index (χ2n) is 9.99. The fourth-order valence-corrected chi connectivity index (χ4v) is 4.44. The molecule has 2 saturated heterocycles. The molecule has 2 aliphatic rings. The number of aromatic amines is 1. The van der Waals surface area contributed by atoms with E-state index < -0.39 is 17.8 Å². The van der Waals surface area contributed by atoms with E-state index in [0.29, 0.717) is 61.5 Å². The number of piperidine rings is 1. The Morgan fingerprint density at radius 1 is 1.25 bits per heavy atom. The number of carbonyl (C=O) groups excluding carboxylic acids is 2. The Bertz CT molecular complexity index is 1110. The summed E-state index contributed by atoms with van der Waals surface area (Å²) in [6, 6.07) is -0.271. The van der Waals surface area contributed by atoms with E-state index in [2.05, 4.69) is 25.6 Å². The number of alkyl carbamates (subject to hydrolysis) is 1. The average molecular weight is 504 g/mol. The second-order valence-corrected chi connectivity index (χ2v) is 9.99. The van der Waals surface area contributed by atoms with Crippen LogP contribution in [-0.4, -0.2) is 100 Å². The summed E-state index contributed by atoms with van der Waals surface area (Å²) in [6.07, 6.45) is 2.63. The lowest BCUT2D eigenvalue weighted by Gasteiger charge is -2.34. The van der Waals surface area contributed by atoms with E-state index in [-0.39, 0.29) is 31.1 Å². The lowest BCUT2D eigenvalue weighted by atomic mass is 10.1. The molecular formula is C23H33N7O6. The molecule has 2 fully saturated rings. The molecule has 2 atom stereocenters. The van der Waals surface area contributed by atoms with E-state index in [1.807, 2.05) is 4.90 Å². The van der Waals surface area contributed by atoms with E-state index in [1.54, 1.807) is 27.0 Å². The number of rotatable bonds is 5. The maximum Gasteiger partial charge on any atom is 0.407 e. The number of likely N-dealkylation sites (tertiary alicyclic amines) is 1. The summed E-state index contributed by atoms with van der Waals surface area (Å²) < 4.78 is 11.1. The molecule has 2 aliphatic heterocycles. The van der Waals surface area contributed by atoms with Crippen LogP contribution in [0, 0.1) is 0 Å². The molecule has 0 saturated carbocycles. The number of ether oxygens (including phenoxy) is 2. The largest absolute Gasteiger partial charge is 0.465 e. The van der Waals surface area contributed by atoms with Crippen molar-refractivity contribution in [3.63, 3.8) is 0 Å². The molecule has 0 spiro atoms. The van der Waals surface area contributed by atoms with Gasteiger partial charge in [-0.25, -0.2) is 19.6 Å². The zero-order chi connectivity index (χ0) is 25.9. The number of nitrogens with zero attached hydrogens (tertiary/aromatic N) is 4. The average Bonchev–Trinajstić information content (AvgIpc) is 3.27. The van der Waals surface area contributed by atoms with Crippen LogP contribution in [0.5, 0.6) is 0 Å². The van der Waals surface area contributed by atoms with Crippen LogP contribution in [-0.2, 0) is 9.47 Å².